The lowest BCUT2D eigenvalue weighted by molar-refractivity contribution is -0.143. The van der Waals surface area contributed by atoms with Crippen molar-refractivity contribution in [3.8, 4) is 11.1 Å². The van der Waals surface area contributed by atoms with Crippen LogP contribution < -0.4 is 0 Å². The van der Waals surface area contributed by atoms with E-state index in [0.717, 1.165) is 17.8 Å². The van der Waals surface area contributed by atoms with Gasteiger partial charge in [0.1, 0.15) is 0 Å². The molecule has 0 spiro atoms. The van der Waals surface area contributed by atoms with E-state index in [1.807, 2.05) is 19.3 Å². The van der Waals surface area contributed by atoms with Crippen molar-refractivity contribution in [3.63, 3.8) is 0 Å². The number of halogens is 3. The van der Waals surface area contributed by atoms with Gasteiger partial charge in [-0.3, -0.25) is 19.0 Å². The van der Waals surface area contributed by atoms with Crippen LogP contribution in [0.15, 0.2) is 48.9 Å². The number of alkyl halides is 3. The van der Waals surface area contributed by atoms with Gasteiger partial charge in [-0.15, -0.1) is 0 Å². The van der Waals surface area contributed by atoms with Gasteiger partial charge in [-0.25, -0.2) is 0 Å². The zero-order valence-electron chi connectivity index (χ0n) is 15.9. The summed E-state index contributed by atoms with van der Waals surface area (Å²) in [6.07, 6.45) is 0.153. The molecule has 8 nitrogen and oxygen atoms in total. The molecule has 0 fully saturated rings. The Balaban J connectivity index is 0.000000343. The topological polar surface area (TPSA) is 110 Å². The number of aryl methyl sites for hydroxylation is 1. The third-order valence-electron chi connectivity index (χ3n) is 3.80. The van der Waals surface area contributed by atoms with Crippen LogP contribution in [0, 0.1) is 0 Å². The third kappa shape index (κ3) is 7.08. The van der Waals surface area contributed by atoms with Crippen LogP contribution in [0.25, 0.3) is 11.1 Å². The number of carboxylic acid groups (broad SMARTS) is 2. The molecule has 0 unspecified atom stereocenters. The highest BCUT2D eigenvalue weighted by atomic mass is 19.4. The third-order valence-corrected chi connectivity index (χ3v) is 3.80. The van der Waals surface area contributed by atoms with E-state index in [2.05, 4.69) is 10.2 Å². The lowest BCUT2D eigenvalue weighted by Crippen LogP contribution is -2.04. The molecule has 30 heavy (non-hydrogen) atoms. The Morgan fingerprint density at radius 3 is 2.27 bits per heavy atom. The molecule has 0 bridgehead atoms. The average molecular weight is 424 g/mol. The highest BCUT2D eigenvalue weighted by Crippen LogP contribution is 2.32. The minimum Gasteiger partial charge on any atom is -0.481 e. The molecule has 3 rings (SSSR count). The largest absolute Gasteiger partial charge is 0.481 e. The molecule has 2 N–H and O–H groups in total. The fraction of sp³-hybridized carbons (Fsp3) is 0.263. The van der Waals surface area contributed by atoms with Crippen LogP contribution in [0.2, 0.25) is 0 Å². The summed E-state index contributed by atoms with van der Waals surface area (Å²) in [7, 11) is 1.82. The van der Waals surface area contributed by atoms with Crippen LogP contribution in [-0.4, -0.2) is 41.7 Å². The molecule has 2 aromatic heterocycles. The minimum atomic E-state index is -4.35. The van der Waals surface area contributed by atoms with Crippen LogP contribution in [0.3, 0.4) is 0 Å². The highest BCUT2D eigenvalue weighted by Gasteiger charge is 2.30. The summed E-state index contributed by atoms with van der Waals surface area (Å²) >= 11 is 0. The first-order chi connectivity index (χ1) is 14.0. The number of carboxylic acids is 2. The molecule has 0 saturated heterocycles. The number of rotatable bonds is 6. The van der Waals surface area contributed by atoms with Gasteiger partial charge in [0.25, 0.3) is 0 Å². The summed E-state index contributed by atoms with van der Waals surface area (Å²) < 4.78 is 41.6. The Morgan fingerprint density at radius 1 is 1.07 bits per heavy atom. The molecule has 0 aliphatic carbocycles. The summed E-state index contributed by atoms with van der Waals surface area (Å²) in [5, 5.41) is 24.2. The first-order valence-corrected chi connectivity index (χ1v) is 8.67. The van der Waals surface area contributed by atoms with E-state index in [1.54, 1.807) is 27.8 Å². The van der Waals surface area contributed by atoms with Crippen molar-refractivity contribution in [2.75, 3.05) is 0 Å². The molecule has 11 heteroatoms. The van der Waals surface area contributed by atoms with Crippen LogP contribution in [0.1, 0.15) is 24.1 Å². The van der Waals surface area contributed by atoms with Gasteiger partial charge in [0, 0.05) is 25.0 Å². The normalized spacial score (nSPS) is 10.9. The number of hydrogen-bond donors (Lipinski definition) is 2. The van der Waals surface area contributed by atoms with E-state index >= 15 is 0 Å². The maximum absolute atomic E-state index is 12.7. The molecule has 160 valence electrons. The van der Waals surface area contributed by atoms with Gasteiger partial charge >= 0.3 is 18.1 Å². The molecule has 0 amide bonds. The minimum absolute atomic E-state index is 0.296. The standard InChI is InChI=1S/C15H13F3N4.C4H6O4/c1-21-6-5-14(20-21)10-22-9-12(8-19-22)11-3-2-4-13(7-11)15(16,17)18;5-3(6)1-2-4(7)8/h2-9H,10H2,1H3;1-2H2,(H,5,6)(H,7,8). The zero-order valence-corrected chi connectivity index (χ0v) is 15.9. The molecule has 0 aliphatic rings. The van der Waals surface area contributed by atoms with E-state index in [1.165, 1.54) is 6.07 Å². The monoisotopic (exact) mass is 424 g/mol. The Bertz CT molecular complexity index is 997. The summed E-state index contributed by atoms with van der Waals surface area (Å²) in [5.41, 5.74) is 1.30. The van der Waals surface area contributed by atoms with Crippen molar-refractivity contribution in [2.24, 2.45) is 7.05 Å². The summed E-state index contributed by atoms with van der Waals surface area (Å²) in [5.74, 6) is -2.15. The van der Waals surface area contributed by atoms with E-state index < -0.39 is 23.7 Å². The van der Waals surface area contributed by atoms with Crippen LogP contribution in [-0.2, 0) is 29.4 Å². The Labute approximate surface area is 169 Å². The first kappa shape index (κ1) is 22.7. The number of hydrogen-bond acceptors (Lipinski definition) is 4. The molecule has 0 saturated carbocycles. The van der Waals surface area contributed by atoms with E-state index in [-0.39, 0.29) is 12.8 Å². The second kappa shape index (κ2) is 9.72. The number of aliphatic carboxylic acids is 2. The molecule has 2 heterocycles. The first-order valence-electron chi connectivity index (χ1n) is 8.67. The van der Waals surface area contributed by atoms with Gasteiger partial charge in [-0.1, -0.05) is 12.1 Å². The van der Waals surface area contributed by atoms with Crippen molar-refractivity contribution >= 4 is 11.9 Å². The lowest BCUT2D eigenvalue weighted by Gasteiger charge is -2.07. The van der Waals surface area contributed by atoms with E-state index in [9.17, 15) is 22.8 Å². The Hall–Kier alpha value is -3.63. The van der Waals surface area contributed by atoms with Crippen molar-refractivity contribution in [3.05, 3.63) is 60.2 Å². The highest BCUT2D eigenvalue weighted by molar-refractivity contribution is 5.75. The molecular formula is C19H19F3N4O4. The van der Waals surface area contributed by atoms with Crippen LogP contribution >= 0.6 is 0 Å². The van der Waals surface area contributed by atoms with Gasteiger partial charge in [-0.2, -0.15) is 23.4 Å². The number of aromatic nitrogens is 4. The van der Waals surface area contributed by atoms with Gasteiger partial charge < -0.3 is 10.2 Å². The Kier molecular flexibility index (Phi) is 7.34. The van der Waals surface area contributed by atoms with E-state index in [4.69, 9.17) is 10.2 Å². The zero-order chi connectivity index (χ0) is 22.3. The quantitative estimate of drug-likeness (QED) is 0.628. The van der Waals surface area contributed by atoms with Crippen molar-refractivity contribution in [2.45, 2.75) is 25.6 Å². The van der Waals surface area contributed by atoms with Gasteiger partial charge in [0.15, 0.2) is 0 Å². The summed E-state index contributed by atoms with van der Waals surface area (Å²) in [6.45, 7) is 0.472. The Morgan fingerprint density at radius 2 is 1.73 bits per heavy atom. The number of carbonyl (C=O) groups is 2. The van der Waals surface area contributed by atoms with Gasteiger partial charge in [0.2, 0.25) is 0 Å². The number of nitrogens with zero attached hydrogens (tertiary/aromatic N) is 4. The van der Waals surface area contributed by atoms with Gasteiger partial charge in [0.05, 0.1) is 36.8 Å². The molecule has 0 radical (unpaired) electrons. The SMILES string of the molecule is Cn1ccc(Cn2cc(-c3cccc(C(F)(F)F)c3)cn2)n1.O=C(O)CCC(=O)O. The second-order valence-corrected chi connectivity index (χ2v) is 6.27. The predicted octanol–water partition coefficient (Wildman–Crippen LogP) is 3.29. The van der Waals surface area contributed by atoms with Crippen molar-refractivity contribution < 1.29 is 33.0 Å². The predicted molar refractivity (Wildman–Crippen MR) is 99.5 cm³/mol. The fourth-order valence-corrected chi connectivity index (χ4v) is 2.40. The van der Waals surface area contributed by atoms with Crippen LogP contribution in [0.4, 0.5) is 13.2 Å². The second-order valence-electron chi connectivity index (χ2n) is 6.27. The number of benzene rings is 1. The molecule has 3 aromatic rings. The maximum Gasteiger partial charge on any atom is 0.416 e. The van der Waals surface area contributed by atoms with Crippen LogP contribution in [0.5, 0.6) is 0 Å². The molecule has 1 aromatic carbocycles. The smallest absolute Gasteiger partial charge is 0.416 e. The summed E-state index contributed by atoms with van der Waals surface area (Å²) in [4.78, 5) is 19.3. The summed E-state index contributed by atoms with van der Waals surface area (Å²) in [6, 6.07) is 7.08. The lowest BCUT2D eigenvalue weighted by atomic mass is 10.1. The fourth-order valence-electron chi connectivity index (χ4n) is 2.40. The van der Waals surface area contributed by atoms with Crippen molar-refractivity contribution in [1.82, 2.24) is 19.6 Å². The molecular weight excluding hydrogens is 405 g/mol. The molecule has 0 aliphatic heterocycles. The van der Waals surface area contributed by atoms with Crippen molar-refractivity contribution in [1.29, 1.82) is 0 Å². The van der Waals surface area contributed by atoms with Gasteiger partial charge in [-0.05, 0) is 23.8 Å². The average Bonchev–Trinajstić information content (AvgIpc) is 3.29. The molecule has 0 atom stereocenters. The van der Waals surface area contributed by atoms with E-state index in [0.29, 0.717) is 17.7 Å². The maximum atomic E-state index is 12.7.